The topological polar surface area (TPSA) is 108 Å². The third-order valence-electron chi connectivity index (χ3n) is 8.76. The number of benzene rings is 4. The van der Waals surface area contributed by atoms with Gasteiger partial charge < -0.3 is 25.0 Å². The molecule has 5 rings (SSSR count). The maximum Gasteiger partial charge on any atom is 0.303 e. The molecule has 8 nitrogen and oxygen atoms in total. The van der Waals surface area contributed by atoms with E-state index in [9.17, 15) is 14.7 Å². The fraction of sp³-hybridized carbons (Fsp3) is 0.368. The van der Waals surface area contributed by atoms with Crippen molar-refractivity contribution in [1.82, 2.24) is 4.90 Å². The monoisotopic (exact) mass is 624 g/mol. The fourth-order valence-electron chi connectivity index (χ4n) is 5.96. The van der Waals surface area contributed by atoms with Gasteiger partial charge in [-0.2, -0.15) is 0 Å². The summed E-state index contributed by atoms with van der Waals surface area (Å²) in [5, 5.41) is 23.8. The van der Waals surface area contributed by atoms with Gasteiger partial charge in [-0.3, -0.25) is 14.5 Å². The highest BCUT2D eigenvalue weighted by Gasteiger charge is 2.33. The van der Waals surface area contributed by atoms with E-state index in [-0.39, 0.29) is 37.2 Å². The lowest BCUT2D eigenvalue weighted by Crippen LogP contribution is -2.38. The summed E-state index contributed by atoms with van der Waals surface area (Å²) < 4.78 is 13.1. The Morgan fingerprint density at radius 2 is 1.63 bits per heavy atom. The van der Waals surface area contributed by atoms with E-state index in [0.29, 0.717) is 44.3 Å². The molecule has 4 atom stereocenters. The number of likely N-dealkylation sites (N-methyl/N-ethyl adjacent to an activating group) is 1. The fourth-order valence-corrected chi connectivity index (χ4v) is 5.96. The Balaban J connectivity index is 1.29. The normalized spacial score (nSPS) is 18.8. The average Bonchev–Trinajstić information content (AvgIpc) is 3.07. The van der Waals surface area contributed by atoms with Crippen LogP contribution in [0.1, 0.15) is 86.1 Å². The minimum Gasteiger partial charge on any atom is -0.481 e. The summed E-state index contributed by atoms with van der Waals surface area (Å²) in [4.78, 5) is 25.6. The molecular weight excluding hydrogens is 580 g/mol. The van der Waals surface area contributed by atoms with E-state index >= 15 is 0 Å². The van der Waals surface area contributed by atoms with Crippen LogP contribution in [0, 0.1) is 0 Å². The Kier molecular flexibility index (Phi) is 11.5. The standard InChI is InChI=1S/C38H44N2O6/c1-26(30-20-19-28-9-6-7-10-31(28)21-30)40(2)24-34-23-35(29-17-15-27(25-41)16-18-29)46-38(45-34)32-11-8-12-33(22-32)39-36(42)13-4-3-5-14-37(43)44/h6-12,15-22,26,34-35,38,41H,3-5,13-14,23-25H2,1-2H3,(H,39,42)(H,43,44)/t26-,34-,35+,38+/m1/s1. The Hall–Kier alpha value is -4.08. The molecule has 1 fully saturated rings. The first-order valence-electron chi connectivity index (χ1n) is 16.1. The van der Waals surface area contributed by atoms with Crippen molar-refractivity contribution < 1.29 is 29.3 Å². The molecule has 0 bridgehead atoms. The highest BCUT2D eigenvalue weighted by Crippen LogP contribution is 2.39. The molecule has 8 heteroatoms. The first kappa shape index (κ1) is 33.3. The van der Waals surface area contributed by atoms with E-state index in [1.807, 2.05) is 48.5 Å². The van der Waals surface area contributed by atoms with Crippen molar-refractivity contribution in [3.05, 3.63) is 113 Å². The number of hydrogen-bond donors (Lipinski definition) is 3. The Morgan fingerprint density at radius 3 is 2.39 bits per heavy atom. The molecule has 0 aliphatic carbocycles. The second kappa shape index (κ2) is 16.0. The molecule has 0 spiro atoms. The molecule has 1 amide bonds. The number of nitrogens with one attached hydrogen (secondary N) is 1. The van der Waals surface area contributed by atoms with E-state index in [2.05, 4.69) is 66.7 Å². The number of fused-ring (bicyclic) bond motifs is 1. The first-order valence-corrected chi connectivity index (χ1v) is 16.1. The number of carboxylic acid groups (broad SMARTS) is 1. The van der Waals surface area contributed by atoms with Gasteiger partial charge in [-0.15, -0.1) is 0 Å². The van der Waals surface area contributed by atoms with Gasteiger partial charge in [0.2, 0.25) is 5.91 Å². The number of ether oxygens (including phenoxy) is 2. The van der Waals surface area contributed by atoms with Gasteiger partial charge in [0.05, 0.1) is 18.8 Å². The molecule has 1 saturated heterocycles. The van der Waals surface area contributed by atoms with E-state index in [4.69, 9.17) is 14.6 Å². The van der Waals surface area contributed by atoms with Crippen LogP contribution in [0.2, 0.25) is 0 Å². The Morgan fingerprint density at radius 1 is 0.870 bits per heavy atom. The Bertz CT molecular complexity index is 1610. The summed E-state index contributed by atoms with van der Waals surface area (Å²) in [6.07, 6.45) is 2.03. The van der Waals surface area contributed by atoms with Gasteiger partial charge in [-0.05, 0) is 72.5 Å². The number of carbonyl (C=O) groups is 2. The highest BCUT2D eigenvalue weighted by molar-refractivity contribution is 5.90. The highest BCUT2D eigenvalue weighted by atomic mass is 16.7. The maximum absolute atomic E-state index is 12.6. The molecule has 242 valence electrons. The number of aliphatic hydroxyl groups excluding tert-OH is 1. The molecule has 0 saturated carbocycles. The third kappa shape index (κ3) is 9.01. The number of carbonyl (C=O) groups excluding carboxylic acids is 1. The molecular formula is C38H44N2O6. The summed E-state index contributed by atoms with van der Waals surface area (Å²) in [5.41, 5.74) is 4.58. The van der Waals surface area contributed by atoms with E-state index < -0.39 is 12.3 Å². The number of anilines is 1. The van der Waals surface area contributed by atoms with Gasteiger partial charge in [0.25, 0.3) is 0 Å². The number of aliphatic carboxylic acids is 1. The van der Waals surface area contributed by atoms with E-state index in [1.165, 1.54) is 16.3 Å². The summed E-state index contributed by atoms with van der Waals surface area (Å²) in [7, 11) is 2.12. The zero-order valence-corrected chi connectivity index (χ0v) is 26.6. The second-order valence-electron chi connectivity index (χ2n) is 12.2. The van der Waals surface area contributed by atoms with Gasteiger partial charge in [0.15, 0.2) is 6.29 Å². The molecule has 0 radical (unpaired) electrons. The molecule has 0 unspecified atom stereocenters. The number of carboxylic acids is 1. The predicted molar refractivity (Wildman–Crippen MR) is 179 cm³/mol. The molecule has 0 aromatic heterocycles. The smallest absolute Gasteiger partial charge is 0.303 e. The summed E-state index contributed by atoms with van der Waals surface area (Å²) >= 11 is 0. The van der Waals surface area contributed by atoms with Crippen LogP contribution >= 0.6 is 0 Å². The van der Waals surface area contributed by atoms with Gasteiger partial charge >= 0.3 is 5.97 Å². The van der Waals surface area contributed by atoms with Gasteiger partial charge in [0.1, 0.15) is 0 Å². The predicted octanol–water partition coefficient (Wildman–Crippen LogP) is 7.54. The van der Waals surface area contributed by atoms with Crippen LogP contribution in [-0.2, 0) is 25.7 Å². The number of amides is 1. The second-order valence-corrected chi connectivity index (χ2v) is 12.2. The molecule has 4 aromatic carbocycles. The van der Waals surface area contributed by atoms with E-state index in [0.717, 1.165) is 16.7 Å². The lowest BCUT2D eigenvalue weighted by Gasteiger charge is -2.39. The Labute approximate surface area is 271 Å². The van der Waals surface area contributed by atoms with Gasteiger partial charge in [-0.1, -0.05) is 79.2 Å². The quantitative estimate of drug-likeness (QED) is 0.124. The summed E-state index contributed by atoms with van der Waals surface area (Å²) in [6, 6.07) is 30.6. The number of unbranched alkanes of at least 4 members (excludes halogenated alkanes) is 2. The zero-order valence-electron chi connectivity index (χ0n) is 26.6. The lowest BCUT2D eigenvalue weighted by atomic mass is 9.98. The minimum absolute atomic E-state index is 0.0154. The zero-order chi connectivity index (χ0) is 32.5. The van der Waals surface area contributed by atoms with Crippen molar-refractivity contribution in [3.8, 4) is 0 Å². The van der Waals surface area contributed by atoms with Crippen molar-refractivity contribution in [3.63, 3.8) is 0 Å². The maximum atomic E-state index is 12.6. The summed E-state index contributed by atoms with van der Waals surface area (Å²) in [5.74, 6) is -0.923. The van der Waals surface area contributed by atoms with Crippen molar-refractivity contribution in [2.24, 2.45) is 0 Å². The third-order valence-corrected chi connectivity index (χ3v) is 8.76. The number of aliphatic hydroxyl groups is 1. The lowest BCUT2D eigenvalue weighted by molar-refractivity contribution is -0.253. The van der Waals surface area contributed by atoms with Crippen LogP contribution in [0.5, 0.6) is 0 Å². The SMILES string of the molecule is C[C@H](c1ccc2ccccc2c1)N(C)C[C@H]1C[C@@H](c2ccc(CO)cc2)O[C@@H](c2cccc(NC(=O)CCCCCC(=O)O)c2)O1. The van der Waals surface area contributed by atoms with Crippen LogP contribution in [0.3, 0.4) is 0 Å². The van der Waals surface area contributed by atoms with Crippen LogP contribution in [-0.4, -0.2) is 46.7 Å². The van der Waals surface area contributed by atoms with Crippen molar-refractivity contribution in [2.75, 3.05) is 18.9 Å². The van der Waals surface area contributed by atoms with Crippen LogP contribution < -0.4 is 5.32 Å². The van der Waals surface area contributed by atoms with Crippen LogP contribution in [0.15, 0.2) is 91.0 Å². The number of nitrogens with zero attached hydrogens (tertiary/aromatic N) is 1. The van der Waals surface area contributed by atoms with Crippen molar-refractivity contribution >= 4 is 28.3 Å². The first-order chi connectivity index (χ1) is 22.3. The van der Waals surface area contributed by atoms with Gasteiger partial charge in [0, 0.05) is 43.1 Å². The van der Waals surface area contributed by atoms with Crippen LogP contribution in [0.25, 0.3) is 10.8 Å². The number of rotatable bonds is 14. The van der Waals surface area contributed by atoms with Crippen molar-refractivity contribution in [1.29, 1.82) is 0 Å². The minimum atomic E-state index is -0.814. The summed E-state index contributed by atoms with van der Waals surface area (Å²) in [6.45, 7) is 2.89. The molecule has 4 aromatic rings. The molecule has 1 heterocycles. The average molecular weight is 625 g/mol. The van der Waals surface area contributed by atoms with Crippen LogP contribution in [0.4, 0.5) is 5.69 Å². The molecule has 46 heavy (non-hydrogen) atoms. The molecule has 1 aliphatic rings. The molecule has 1 aliphatic heterocycles. The molecule has 3 N–H and O–H groups in total. The van der Waals surface area contributed by atoms with E-state index in [1.54, 1.807) is 0 Å². The van der Waals surface area contributed by atoms with Gasteiger partial charge in [-0.25, -0.2) is 0 Å². The number of hydrogen-bond acceptors (Lipinski definition) is 6. The van der Waals surface area contributed by atoms with Crippen molar-refractivity contribution in [2.45, 2.75) is 76.6 Å². The largest absolute Gasteiger partial charge is 0.481 e.